The van der Waals surface area contributed by atoms with Crippen LogP contribution in [0.4, 0.5) is 5.69 Å². The largest absolute Gasteiger partial charge is 0.465 e. The molecule has 0 bridgehead atoms. The highest BCUT2D eigenvalue weighted by Gasteiger charge is 2.20. The average molecular weight is 298 g/mol. The standard InChI is InChI=1S/C13H16BrNO2/c1-17-13(16)11-4-3-10-5-8-15(7-2-6-14)12(10)9-11/h3-4,9H,2,5-8H2,1H3. The average Bonchev–Trinajstić information content (AvgIpc) is 2.77. The van der Waals surface area contributed by atoms with Crippen LogP contribution < -0.4 is 4.90 Å². The van der Waals surface area contributed by atoms with Gasteiger partial charge in [-0.15, -0.1) is 0 Å². The second-order valence-electron chi connectivity index (χ2n) is 4.11. The quantitative estimate of drug-likeness (QED) is 0.632. The van der Waals surface area contributed by atoms with Crippen LogP contribution in [0.5, 0.6) is 0 Å². The van der Waals surface area contributed by atoms with Gasteiger partial charge in [-0.1, -0.05) is 22.0 Å². The number of ether oxygens (including phenoxy) is 1. The van der Waals surface area contributed by atoms with E-state index in [-0.39, 0.29) is 5.97 Å². The van der Waals surface area contributed by atoms with Crippen LogP contribution in [0.2, 0.25) is 0 Å². The zero-order chi connectivity index (χ0) is 12.3. The molecule has 0 aromatic heterocycles. The van der Waals surface area contributed by atoms with Gasteiger partial charge in [0.25, 0.3) is 0 Å². The number of nitrogens with zero attached hydrogens (tertiary/aromatic N) is 1. The zero-order valence-electron chi connectivity index (χ0n) is 9.91. The van der Waals surface area contributed by atoms with Gasteiger partial charge in [0.15, 0.2) is 0 Å². The van der Waals surface area contributed by atoms with E-state index in [4.69, 9.17) is 4.74 Å². The molecule has 0 spiro atoms. The summed E-state index contributed by atoms with van der Waals surface area (Å²) in [4.78, 5) is 13.8. The molecule has 0 atom stereocenters. The number of carbonyl (C=O) groups excluding carboxylic acids is 1. The molecule has 1 aliphatic heterocycles. The molecule has 0 radical (unpaired) electrons. The SMILES string of the molecule is COC(=O)c1ccc2c(c1)N(CCCBr)CC2. The van der Waals surface area contributed by atoms with Crippen molar-refractivity contribution in [3.8, 4) is 0 Å². The third-order valence-electron chi connectivity index (χ3n) is 3.06. The summed E-state index contributed by atoms with van der Waals surface area (Å²) in [5.41, 5.74) is 3.15. The summed E-state index contributed by atoms with van der Waals surface area (Å²) in [5.74, 6) is -0.264. The first kappa shape index (κ1) is 12.4. The maximum atomic E-state index is 11.5. The number of halogens is 1. The van der Waals surface area contributed by atoms with Crippen LogP contribution in [0.15, 0.2) is 18.2 Å². The van der Waals surface area contributed by atoms with Gasteiger partial charge in [-0.2, -0.15) is 0 Å². The molecule has 0 fully saturated rings. The van der Waals surface area contributed by atoms with Crippen LogP contribution in [0.1, 0.15) is 22.3 Å². The lowest BCUT2D eigenvalue weighted by molar-refractivity contribution is 0.0601. The van der Waals surface area contributed by atoms with Gasteiger partial charge in [-0.3, -0.25) is 0 Å². The Hall–Kier alpha value is -1.03. The normalized spacial score (nSPS) is 13.6. The van der Waals surface area contributed by atoms with Crippen molar-refractivity contribution >= 4 is 27.6 Å². The maximum Gasteiger partial charge on any atom is 0.337 e. The third-order valence-corrected chi connectivity index (χ3v) is 3.62. The predicted octanol–water partition coefficient (Wildman–Crippen LogP) is 2.62. The van der Waals surface area contributed by atoms with E-state index in [1.54, 1.807) is 0 Å². The summed E-state index contributed by atoms with van der Waals surface area (Å²) in [7, 11) is 1.41. The highest BCUT2D eigenvalue weighted by Crippen LogP contribution is 2.29. The van der Waals surface area contributed by atoms with E-state index >= 15 is 0 Å². The molecule has 0 saturated carbocycles. The Morgan fingerprint density at radius 2 is 2.35 bits per heavy atom. The number of alkyl halides is 1. The summed E-state index contributed by atoms with van der Waals surface area (Å²) >= 11 is 3.44. The van der Waals surface area contributed by atoms with Gasteiger partial charge in [-0.05, 0) is 30.5 Å². The number of hydrogen-bond donors (Lipinski definition) is 0. The van der Waals surface area contributed by atoms with E-state index in [9.17, 15) is 4.79 Å². The van der Waals surface area contributed by atoms with Crippen molar-refractivity contribution < 1.29 is 9.53 Å². The van der Waals surface area contributed by atoms with E-state index in [1.165, 1.54) is 18.4 Å². The molecule has 1 aliphatic rings. The van der Waals surface area contributed by atoms with E-state index in [2.05, 4.69) is 20.8 Å². The van der Waals surface area contributed by atoms with Crippen LogP contribution in [-0.2, 0) is 11.2 Å². The van der Waals surface area contributed by atoms with Crippen LogP contribution in [0, 0.1) is 0 Å². The van der Waals surface area contributed by atoms with Gasteiger partial charge in [0.1, 0.15) is 0 Å². The number of anilines is 1. The fourth-order valence-corrected chi connectivity index (χ4v) is 2.42. The summed E-state index contributed by atoms with van der Waals surface area (Å²) in [6.07, 6.45) is 2.18. The second-order valence-corrected chi connectivity index (χ2v) is 4.91. The van der Waals surface area contributed by atoms with Gasteiger partial charge in [0, 0.05) is 24.1 Å². The van der Waals surface area contributed by atoms with Crippen LogP contribution in [-0.4, -0.2) is 31.5 Å². The monoisotopic (exact) mass is 297 g/mol. The van der Waals surface area contributed by atoms with Crippen molar-refractivity contribution in [2.24, 2.45) is 0 Å². The number of rotatable bonds is 4. The van der Waals surface area contributed by atoms with Crippen molar-refractivity contribution in [1.29, 1.82) is 0 Å². The summed E-state index contributed by atoms with van der Waals surface area (Å²) in [6.45, 7) is 2.08. The fraction of sp³-hybridized carbons (Fsp3) is 0.462. The first-order chi connectivity index (χ1) is 8.26. The van der Waals surface area contributed by atoms with Crippen LogP contribution in [0.25, 0.3) is 0 Å². The van der Waals surface area contributed by atoms with Gasteiger partial charge in [-0.25, -0.2) is 4.79 Å². The van der Waals surface area contributed by atoms with Crippen molar-refractivity contribution in [2.45, 2.75) is 12.8 Å². The Balaban J connectivity index is 2.21. The van der Waals surface area contributed by atoms with Crippen LogP contribution in [0.3, 0.4) is 0 Å². The minimum absolute atomic E-state index is 0.264. The van der Waals surface area contributed by atoms with Gasteiger partial charge in [0.05, 0.1) is 12.7 Å². The topological polar surface area (TPSA) is 29.5 Å². The third kappa shape index (κ3) is 2.63. The first-order valence-corrected chi connectivity index (χ1v) is 6.90. The molecule has 0 aliphatic carbocycles. The molecule has 0 N–H and O–H groups in total. The van der Waals surface area contributed by atoms with Crippen molar-refractivity contribution in [3.63, 3.8) is 0 Å². The fourth-order valence-electron chi connectivity index (χ4n) is 2.17. The first-order valence-electron chi connectivity index (χ1n) is 5.78. The second kappa shape index (κ2) is 5.54. The van der Waals surface area contributed by atoms with E-state index in [0.717, 1.165) is 31.3 Å². The molecule has 0 unspecified atom stereocenters. The molecule has 1 aromatic carbocycles. The lowest BCUT2D eigenvalue weighted by atomic mass is 10.1. The van der Waals surface area contributed by atoms with Crippen LogP contribution >= 0.6 is 15.9 Å². The van der Waals surface area contributed by atoms with Crippen molar-refractivity contribution in [2.75, 3.05) is 30.4 Å². The molecular formula is C13H16BrNO2. The molecule has 3 nitrogen and oxygen atoms in total. The van der Waals surface area contributed by atoms with Crippen molar-refractivity contribution in [1.82, 2.24) is 0 Å². The Morgan fingerprint density at radius 1 is 1.53 bits per heavy atom. The molecule has 0 saturated heterocycles. The number of fused-ring (bicyclic) bond motifs is 1. The zero-order valence-corrected chi connectivity index (χ0v) is 11.5. The molecule has 4 heteroatoms. The van der Waals surface area contributed by atoms with E-state index < -0.39 is 0 Å². The number of carbonyl (C=O) groups is 1. The molecule has 92 valence electrons. The molecule has 2 rings (SSSR count). The molecule has 1 aromatic rings. The minimum atomic E-state index is -0.264. The molecule has 0 amide bonds. The predicted molar refractivity (Wildman–Crippen MR) is 72.1 cm³/mol. The molecule has 1 heterocycles. The smallest absolute Gasteiger partial charge is 0.337 e. The van der Waals surface area contributed by atoms with Gasteiger partial charge >= 0.3 is 5.97 Å². The molecule has 17 heavy (non-hydrogen) atoms. The highest BCUT2D eigenvalue weighted by atomic mass is 79.9. The van der Waals surface area contributed by atoms with Crippen molar-refractivity contribution in [3.05, 3.63) is 29.3 Å². The lowest BCUT2D eigenvalue weighted by Gasteiger charge is -2.19. The summed E-state index contributed by atoms with van der Waals surface area (Å²) in [5, 5.41) is 1.01. The Labute approximate surface area is 110 Å². The Kier molecular flexibility index (Phi) is 4.05. The van der Waals surface area contributed by atoms with Gasteiger partial charge < -0.3 is 9.64 Å². The maximum absolute atomic E-state index is 11.5. The van der Waals surface area contributed by atoms with E-state index in [0.29, 0.717) is 5.56 Å². The number of benzene rings is 1. The number of hydrogen-bond acceptors (Lipinski definition) is 3. The van der Waals surface area contributed by atoms with Gasteiger partial charge in [0.2, 0.25) is 0 Å². The molecular weight excluding hydrogens is 282 g/mol. The summed E-state index contributed by atoms with van der Waals surface area (Å²) < 4.78 is 4.75. The lowest BCUT2D eigenvalue weighted by Crippen LogP contribution is -2.22. The highest BCUT2D eigenvalue weighted by molar-refractivity contribution is 9.09. The Morgan fingerprint density at radius 3 is 3.06 bits per heavy atom. The number of esters is 1. The Bertz CT molecular complexity index is 420. The number of methoxy groups -OCH3 is 1. The summed E-state index contributed by atoms with van der Waals surface area (Å²) in [6, 6.07) is 5.83. The minimum Gasteiger partial charge on any atom is -0.465 e. The van der Waals surface area contributed by atoms with E-state index in [1.807, 2.05) is 18.2 Å².